The van der Waals surface area contributed by atoms with E-state index in [2.05, 4.69) is 115 Å². The lowest BCUT2D eigenvalue weighted by molar-refractivity contribution is 0.467. The number of aromatic hydroxyl groups is 2. The van der Waals surface area contributed by atoms with Crippen molar-refractivity contribution in [2.75, 3.05) is 0 Å². The van der Waals surface area contributed by atoms with E-state index < -0.39 is 5.41 Å². The van der Waals surface area contributed by atoms with E-state index in [1.807, 2.05) is 30.3 Å². The Morgan fingerprint density at radius 2 is 0.821 bits per heavy atom. The van der Waals surface area contributed by atoms with Gasteiger partial charge in [-0.15, -0.1) is 0 Å². The highest BCUT2D eigenvalue weighted by Crippen LogP contribution is 2.47. The van der Waals surface area contributed by atoms with Gasteiger partial charge < -0.3 is 10.2 Å². The molecule has 0 atom stereocenters. The van der Waals surface area contributed by atoms with Gasteiger partial charge in [0.2, 0.25) is 0 Å². The summed E-state index contributed by atoms with van der Waals surface area (Å²) in [6.45, 7) is 2.11. The molecule has 0 amide bonds. The van der Waals surface area contributed by atoms with Gasteiger partial charge in [-0.2, -0.15) is 0 Å². The maximum Gasteiger partial charge on any atom is 0.143 e. The molecule has 3 rings (SSSR count). The Bertz CT molecular complexity index is 957. The van der Waals surface area contributed by atoms with Crippen LogP contribution in [-0.4, -0.2) is 10.2 Å². The molecule has 0 bridgehead atoms. The number of halogens is 6. The Morgan fingerprint density at radius 1 is 0.536 bits per heavy atom. The predicted octanol–water partition coefficient (Wildman–Crippen LogP) is 9.03. The molecule has 2 nitrogen and oxygen atoms in total. The molecule has 0 heterocycles. The van der Waals surface area contributed by atoms with E-state index in [4.69, 9.17) is 0 Å². The molecule has 0 unspecified atom stereocenters. The summed E-state index contributed by atoms with van der Waals surface area (Å²) in [6, 6.07) is 13.7. The number of phenols is 2. The third-order valence-corrected chi connectivity index (χ3v) is 7.96. The normalized spacial score (nSPS) is 11.7. The molecule has 3 aromatic carbocycles. The number of hydrogen-bond donors (Lipinski definition) is 2. The Morgan fingerprint density at radius 3 is 1.14 bits per heavy atom. The van der Waals surface area contributed by atoms with Crippen LogP contribution >= 0.6 is 95.6 Å². The summed E-state index contributed by atoms with van der Waals surface area (Å²) < 4.78 is 4.25. The molecule has 146 valence electrons. The molecule has 0 aliphatic heterocycles. The first-order valence-corrected chi connectivity index (χ1v) is 12.6. The SMILES string of the molecule is CC(c1cc(Br)cc(Br)c1)(c1cc(Br)c(O)c(Br)c1)c1cc(Br)c(O)c(Br)c1. The second kappa shape index (κ2) is 8.71. The molecule has 0 fully saturated rings. The van der Waals surface area contributed by atoms with E-state index in [1.165, 1.54) is 0 Å². The van der Waals surface area contributed by atoms with Crippen molar-refractivity contribution in [3.05, 3.63) is 86.0 Å². The quantitative estimate of drug-likeness (QED) is 0.262. The third-order valence-electron chi connectivity index (χ3n) is 4.63. The van der Waals surface area contributed by atoms with Crippen LogP contribution < -0.4 is 0 Å². The van der Waals surface area contributed by atoms with Gasteiger partial charge in [0.1, 0.15) is 11.5 Å². The van der Waals surface area contributed by atoms with Gasteiger partial charge in [0.15, 0.2) is 0 Å². The van der Waals surface area contributed by atoms with Gasteiger partial charge in [-0.3, -0.25) is 0 Å². The van der Waals surface area contributed by atoms with Gasteiger partial charge >= 0.3 is 0 Å². The fourth-order valence-electron chi connectivity index (χ4n) is 3.05. The topological polar surface area (TPSA) is 40.5 Å². The second-order valence-electron chi connectivity index (χ2n) is 6.36. The van der Waals surface area contributed by atoms with Crippen molar-refractivity contribution in [3.63, 3.8) is 0 Å². The molecule has 0 aliphatic carbocycles. The van der Waals surface area contributed by atoms with Gasteiger partial charge in [-0.25, -0.2) is 0 Å². The van der Waals surface area contributed by atoms with Crippen molar-refractivity contribution < 1.29 is 10.2 Å². The summed E-state index contributed by atoms with van der Waals surface area (Å²) in [7, 11) is 0. The second-order valence-corrected chi connectivity index (χ2v) is 11.6. The summed E-state index contributed by atoms with van der Waals surface area (Å²) in [5, 5.41) is 20.4. The van der Waals surface area contributed by atoms with E-state index >= 15 is 0 Å². The van der Waals surface area contributed by atoms with Crippen LogP contribution in [0.3, 0.4) is 0 Å². The Labute approximate surface area is 213 Å². The maximum atomic E-state index is 10.2. The lowest BCUT2D eigenvalue weighted by Crippen LogP contribution is -2.25. The zero-order valence-electron chi connectivity index (χ0n) is 14.2. The van der Waals surface area contributed by atoms with Crippen molar-refractivity contribution >= 4 is 95.6 Å². The number of benzene rings is 3. The molecule has 0 aliphatic rings. The Balaban J connectivity index is 2.41. The highest BCUT2D eigenvalue weighted by molar-refractivity contribution is 9.11. The lowest BCUT2D eigenvalue weighted by Gasteiger charge is -2.33. The van der Waals surface area contributed by atoms with Crippen molar-refractivity contribution in [1.82, 2.24) is 0 Å². The summed E-state index contributed by atoms with van der Waals surface area (Å²) in [5.41, 5.74) is 2.35. The van der Waals surface area contributed by atoms with E-state index in [-0.39, 0.29) is 11.5 Å². The molecular formula is C20H12Br6O2. The highest BCUT2D eigenvalue weighted by Gasteiger charge is 2.34. The lowest BCUT2D eigenvalue weighted by atomic mass is 9.71. The molecular weight excluding hydrogens is 752 g/mol. The summed E-state index contributed by atoms with van der Waals surface area (Å²) >= 11 is 21.0. The third kappa shape index (κ3) is 4.28. The first-order chi connectivity index (χ1) is 13.0. The van der Waals surface area contributed by atoms with E-state index in [9.17, 15) is 10.2 Å². The number of rotatable bonds is 3. The molecule has 0 aromatic heterocycles. The maximum absolute atomic E-state index is 10.2. The van der Waals surface area contributed by atoms with Crippen LogP contribution in [0.1, 0.15) is 23.6 Å². The monoisotopic (exact) mass is 758 g/mol. The van der Waals surface area contributed by atoms with Crippen molar-refractivity contribution in [2.45, 2.75) is 12.3 Å². The van der Waals surface area contributed by atoms with Gasteiger partial charge in [-0.05, 0) is 130 Å². The number of phenolic OH excluding ortho intramolecular Hbond substituents is 2. The molecule has 3 aromatic rings. The van der Waals surface area contributed by atoms with Crippen molar-refractivity contribution in [2.24, 2.45) is 0 Å². The van der Waals surface area contributed by atoms with E-state index in [1.54, 1.807) is 0 Å². The van der Waals surface area contributed by atoms with Crippen LogP contribution in [0.5, 0.6) is 11.5 Å². The van der Waals surface area contributed by atoms with Crippen LogP contribution in [0.15, 0.2) is 69.3 Å². The highest BCUT2D eigenvalue weighted by atomic mass is 79.9. The smallest absolute Gasteiger partial charge is 0.143 e. The molecule has 2 N–H and O–H groups in total. The minimum atomic E-state index is -0.593. The summed E-state index contributed by atoms with van der Waals surface area (Å²) in [6.07, 6.45) is 0. The largest absolute Gasteiger partial charge is 0.506 e. The van der Waals surface area contributed by atoms with E-state index in [0.29, 0.717) is 17.9 Å². The van der Waals surface area contributed by atoms with Gasteiger partial charge in [0.05, 0.1) is 17.9 Å². The fraction of sp³-hybridized carbons (Fsp3) is 0.100. The van der Waals surface area contributed by atoms with Crippen LogP contribution in [0.25, 0.3) is 0 Å². The molecule has 0 saturated carbocycles. The Kier molecular flexibility index (Phi) is 7.10. The first kappa shape index (κ1) is 22.8. The van der Waals surface area contributed by atoms with Crippen molar-refractivity contribution in [3.8, 4) is 11.5 Å². The minimum absolute atomic E-state index is 0.148. The first-order valence-electron chi connectivity index (χ1n) is 7.87. The fourth-order valence-corrected chi connectivity index (χ4v) is 6.72. The predicted molar refractivity (Wildman–Crippen MR) is 134 cm³/mol. The van der Waals surface area contributed by atoms with Gasteiger partial charge in [0, 0.05) is 14.4 Å². The van der Waals surface area contributed by atoms with Crippen LogP contribution in [0.4, 0.5) is 0 Å². The van der Waals surface area contributed by atoms with Gasteiger partial charge in [-0.1, -0.05) is 31.9 Å². The minimum Gasteiger partial charge on any atom is -0.506 e. The molecule has 8 heteroatoms. The van der Waals surface area contributed by atoms with Crippen LogP contribution in [-0.2, 0) is 5.41 Å². The molecule has 0 saturated heterocycles. The average molecular weight is 764 g/mol. The Hall–Kier alpha value is 0.140. The molecule has 28 heavy (non-hydrogen) atoms. The van der Waals surface area contributed by atoms with Crippen LogP contribution in [0.2, 0.25) is 0 Å². The van der Waals surface area contributed by atoms with E-state index in [0.717, 1.165) is 25.6 Å². The summed E-state index contributed by atoms with van der Waals surface area (Å²) in [5.74, 6) is 0.296. The zero-order valence-corrected chi connectivity index (χ0v) is 23.7. The van der Waals surface area contributed by atoms with Crippen LogP contribution in [0, 0.1) is 0 Å². The molecule has 0 radical (unpaired) electrons. The molecule has 0 spiro atoms. The average Bonchev–Trinajstić information content (AvgIpc) is 2.61. The zero-order chi connectivity index (χ0) is 20.8. The van der Waals surface area contributed by atoms with Gasteiger partial charge in [0.25, 0.3) is 0 Å². The van der Waals surface area contributed by atoms with Crippen molar-refractivity contribution in [1.29, 1.82) is 0 Å². The standard InChI is InChI=1S/C20H12Br6O2/c1-20(9-2-12(21)8-13(22)3-9,10-4-14(23)18(27)15(24)5-10)11-6-16(25)19(28)17(26)7-11/h2-8,27-28H,1H3. The number of hydrogen-bond acceptors (Lipinski definition) is 2. The summed E-state index contributed by atoms with van der Waals surface area (Å²) in [4.78, 5) is 0.